The second-order valence-electron chi connectivity index (χ2n) is 2.36. The molecule has 0 spiro atoms. The van der Waals surface area contributed by atoms with Gasteiger partial charge in [-0.05, 0) is 6.92 Å². The van der Waals surface area contributed by atoms with Crippen molar-refractivity contribution in [2.75, 3.05) is 26.3 Å². The molecule has 1 saturated heterocycles. The van der Waals surface area contributed by atoms with Crippen molar-refractivity contribution >= 4 is 5.97 Å². The third-order valence-electron chi connectivity index (χ3n) is 1.19. The van der Waals surface area contributed by atoms with Crippen molar-refractivity contribution < 1.29 is 49.3 Å². The van der Waals surface area contributed by atoms with Crippen LogP contribution in [0.25, 0.3) is 0 Å². The summed E-state index contributed by atoms with van der Waals surface area (Å²) in [5.74, 6) is -1.44. The number of hydrogen-bond acceptors (Lipinski definition) is 5. The first-order chi connectivity index (χ1) is 5.64. The summed E-state index contributed by atoms with van der Waals surface area (Å²) in [5, 5.41) is 20.5. The maximum atomic E-state index is 9.34. The van der Waals surface area contributed by atoms with Crippen molar-refractivity contribution in [3.63, 3.8) is 0 Å². The number of carbonyl (C=O) groups is 1. The van der Waals surface area contributed by atoms with Crippen LogP contribution in [0, 0.1) is 0 Å². The van der Waals surface area contributed by atoms with Crippen LogP contribution in [0.3, 0.4) is 0 Å². The van der Waals surface area contributed by atoms with E-state index in [0.29, 0.717) is 0 Å². The predicted octanol–water partition coefficient (Wildman–Crippen LogP) is -5.27. The topological polar surface area (TPSA) is 81.6 Å². The Labute approximate surface area is 99.8 Å². The molecule has 72 valence electrons. The van der Waals surface area contributed by atoms with E-state index in [1.165, 1.54) is 0 Å². The molecule has 5 nitrogen and oxygen atoms in total. The average Bonchev–Trinajstić information content (AvgIpc) is 2.08. The van der Waals surface area contributed by atoms with Crippen LogP contribution in [0.1, 0.15) is 6.92 Å². The van der Waals surface area contributed by atoms with Gasteiger partial charge in [0, 0.05) is 13.1 Å². The minimum atomic E-state index is -1.44. The number of carboxylic acid groups (broad SMARTS) is 1. The minimum absolute atomic E-state index is 0. The molecule has 0 saturated carbocycles. The van der Waals surface area contributed by atoms with Gasteiger partial charge in [-0.1, -0.05) is 0 Å². The van der Waals surface area contributed by atoms with Gasteiger partial charge in [0.05, 0.1) is 25.3 Å². The van der Waals surface area contributed by atoms with E-state index in [1.54, 1.807) is 0 Å². The maximum Gasteiger partial charge on any atom is 1.00 e. The van der Waals surface area contributed by atoms with Crippen LogP contribution < -0.4 is 40.0 Å². The Morgan fingerprint density at radius 1 is 1.54 bits per heavy atom. The van der Waals surface area contributed by atoms with Gasteiger partial charge >= 0.3 is 29.6 Å². The van der Waals surface area contributed by atoms with Crippen LogP contribution >= 0.6 is 0 Å². The molecule has 13 heavy (non-hydrogen) atoms. The van der Waals surface area contributed by atoms with Crippen LogP contribution in [0.15, 0.2) is 0 Å². The number of carboxylic acids is 1. The zero-order chi connectivity index (χ0) is 9.40. The molecule has 1 fully saturated rings. The second kappa shape index (κ2) is 10.4. The Kier molecular flexibility index (Phi) is 12.7. The molecule has 1 unspecified atom stereocenters. The molecule has 0 bridgehead atoms. The van der Waals surface area contributed by atoms with E-state index >= 15 is 0 Å². The molecule has 0 amide bonds. The monoisotopic (exact) mass is 199 g/mol. The molecule has 6 heteroatoms. The maximum absolute atomic E-state index is 9.34. The number of morpholine rings is 1. The largest absolute Gasteiger partial charge is 1.00 e. The molecule has 1 atom stereocenters. The normalized spacial score (nSPS) is 17.4. The third-order valence-corrected chi connectivity index (χ3v) is 1.19. The average molecular weight is 199 g/mol. The van der Waals surface area contributed by atoms with Crippen molar-refractivity contribution in [2.24, 2.45) is 0 Å². The molecule has 1 aliphatic heterocycles. The van der Waals surface area contributed by atoms with Crippen molar-refractivity contribution in [3.05, 3.63) is 0 Å². The SMILES string of the molecule is C1COCCN1.CC(O)C(=O)[O-].[Na+]. The van der Waals surface area contributed by atoms with Crippen molar-refractivity contribution in [1.82, 2.24) is 5.32 Å². The van der Waals surface area contributed by atoms with Gasteiger partial charge in [-0.3, -0.25) is 0 Å². The Morgan fingerprint density at radius 3 is 2.00 bits per heavy atom. The van der Waals surface area contributed by atoms with E-state index in [4.69, 9.17) is 9.84 Å². The van der Waals surface area contributed by atoms with Gasteiger partial charge in [0.15, 0.2) is 0 Å². The number of aliphatic carboxylic acids is 1. The van der Waals surface area contributed by atoms with Gasteiger partial charge in [-0.25, -0.2) is 0 Å². The predicted molar refractivity (Wildman–Crippen MR) is 40.4 cm³/mol. The van der Waals surface area contributed by atoms with Crippen LogP contribution in [-0.4, -0.2) is 43.5 Å². The summed E-state index contributed by atoms with van der Waals surface area (Å²) in [4.78, 5) is 9.34. The van der Waals surface area contributed by atoms with Gasteiger partial charge < -0.3 is 25.1 Å². The smallest absolute Gasteiger partial charge is 0.547 e. The fourth-order valence-corrected chi connectivity index (χ4v) is 0.516. The Morgan fingerprint density at radius 2 is 1.92 bits per heavy atom. The summed E-state index contributed by atoms with van der Waals surface area (Å²) in [5.41, 5.74) is 0. The molecule has 0 aliphatic carbocycles. The number of aliphatic hydroxyl groups excluding tert-OH is 1. The summed E-state index contributed by atoms with van der Waals surface area (Å²) < 4.78 is 5.01. The van der Waals surface area contributed by atoms with Gasteiger partial charge in [-0.2, -0.15) is 0 Å². The summed E-state index contributed by atoms with van der Waals surface area (Å²) in [7, 11) is 0. The molecule has 0 aromatic rings. The summed E-state index contributed by atoms with van der Waals surface area (Å²) >= 11 is 0. The Hall–Kier alpha value is 0.350. The summed E-state index contributed by atoms with van der Waals surface area (Å²) in [6.45, 7) is 4.97. The van der Waals surface area contributed by atoms with E-state index in [0.717, 1.165) is 33.2 Å². The zero-order valence-electron chi connectivity index (χ0n) is 8.08. The fraction of sp³-hybridized carbons (Fsp3) is 0.857. The zero-order valence-corrected chi connectivity index (χ0v) is 10.1. The molecule has 1 rings (SSSR count). The van der Waals surface area contributed by atoms with Gasteiger partial charge in [-0.15, -0.1) is 0 Å². The van der Waals surface area contributed by atoms with Crippen molar-refractivity contribution in [1.29, 1.82) is 0 Å². The third kappa shape index (κ3) is 12.4. The van der Waals surface area contributed by atoms with Gasteiger partial charge in [0.2, 0.25) is 0 Å². The van der Waals surface area contributed by atoms with Crippen LogP contribution in [0.4, 0.5) is 0 Å². The summed E-state index contributed by atoms with van der Waals surface area (Å²) in [6, 6.07) is 0. The Bertz CT molecular complexity index is 116. The van der Waals surface area contributed by atoms with Crippen LogP contribution in [-0.2, 0) is 9.53 Å². The minimum Gasteiger partial charge on any atom is -0.547 e. The number of ether oxygens (including phenoxy) is 1. The first-order valence-corrected chi connectivity index (χ1v) is 3.82. The molecule has 1 heterocycles. The number of aliphatic hydroxyl groups is 1. The van der Waals surface area contributed by atoms with Crippen LogP contribution in [0.5, 0.6) is 0 Å². The summed E-state index contributed by atoms with van der Waals surface area (Å²) in [6.07, 6.45) is -1.34. The molecular weight excluding hydrogens is 185 g/mol. The fourth-order valence-electron chi connectivity index (χ4n) is 0.516. The first-order valence-electron chi connectivity index (χ1n) is 3.82. The van der Waals surface area contributed by atoms with Crippen molar-refractivity contribution in [2.45, 2.75) is 13.0 Å². The van der Waals surface area contributed by atoms with Gasteiger partial charge in [0.1, 0.15) is 0 Å². The quantitative estimate of drug-likeness (QED) is 0.412. The van der Waals surface area contributed by atoms with E-state index in [9.17, 15) is 9.90 Å². The van der Waals surface area contributed by atoms with E-state index in [2.05, 4.69) is 5.32 Å². The number of carbonyl (C=O) groups excluding carboxylic acids is 1. The standard InChI is InChI=1S/C4H9NO.C3H6O3.Na/c1-3-6-4-2-5-1;1-2(4)3(5)6;/h5H,1-4H2;2,4H,1H3,(H,5,6);/q;;+1/p-1. The molecule has 0 radical (unpaired) electrons. The Balaban J connectivity index is 0. The van der Waals surface area contributed by atoms with E-state index < -0.39 is 12.1 Å². The molecule has 0 aromatic heterocycles. The number of hydrogen-bond donors (Lipinski definition) is 2. The molecular formula is C7H14NNaO4. The number of nitrogens with one attached hydrogen (secondary N) is 1. The molecule has 0 aromatic carbocycles. The second-order valence-corrected chi connectivity index (χ2v) is 2.36. The number of rotatable bonds is 1. The van der Waals surface area contributed by atoms with E-state index in [1.807, 2.05) is 0 Å². The van der Waals surface area contributed by atoms with E-state index in [-0.39, 0.29) is 29.6 Å². The molecule has 2 N–H and O–H groups in total. The van der Waals surface area contributed by atoms with Gasteiger partial charge in [0.25, 0.3) is 0 Å². The molecule has 1 aliphatic rings. The van der Waals surface area contributed by atoms with Crippen molar-refractivity contribution in [3.8, 4) is 0 Å². The first kappa shape index (κ1) is 15.8. The van der Waals surface area contributed by atoms with Crippen LogP contribution in [0.2, 0.25) is 0 Å².